The van der Waals surface area contributed by atoms with Crippen LogP contribution in [0.2, 0.25) is 0 Å². The van der Waals surface area contributed by atoms with Gasteiger partial charge in [0.2, 0.25) is 0 Å². The van der Waals surface area contributed by atoms with Crippen molar-refractivity contribution in [3.8, 4) is 0 Å². The summed E-state index contributed by atoms with van der Waals surface area (Å²) in [6.07, 6.45) is 21.5. The van der Waals surface area contributed by atoms with Crippen LogP contribution in [0.3, 0.4) is 0 Å². The number of hydrogen-bond acceptors (Lipinski definition) is 3. The maximum Gasteiger partial charge on any atom is 2.00 e. The predicted octanol–water partition coefficient (Wildman–Crippen LogP) is 6.17. The van der Waals surface area contributed by atoms with Crippen LogP contribution in [0, 0.1) is 0 Å². The van der Waals surface area contributed by atoms with Crippen molar-refractivity contribution in [1.82, 2.24) is 5.06 Å². The van der Waals surface area contributed by atoms with E-state index in [2.05, 4.69) is 6.92 Å². The molecule has 0 aliphatic carbocycles. The van der Waals surface area contributed by atoms with Gasteiger partial charge in [-0.15, -0.1) is 0 Å². The summed E-state index contributed by atoms with van der Waals surface area (Å²) in [5, 5.41) is 1.23. The minimum Gasteiger partial charge on any atom is -1.00 e. The molecule has 1 saturated heterocycles. The number of amides is 1. The van der Waals surface area contributed by atoms with Gasteiger partial charge in [0.1, 0.15) is 0 Å². The molecule has 4 nitrogen and oxygen atoms in total. The van der Waals surface area contributed by atoms with E-state index in [1.165, 1.54) is 88.5 Å². The second-order valence-electron chi connectivity index (χ2n) is 7.76. The Labute approximate surface area is 186 Å². The molecular weight excluding hydrogens is 351 g/mol. The Bertz CT molecular complexity index is 387. The van der Waals surface area contributed by atoms with Gasteiger partial charge in [-0.25, -0.2) is 4.79 Å². The van der Waals surface area contributed by atoms with Crippen LogP contribution in [-0.4, -0.2) is 46.5 Å². The minimum absolute atomic E-state index is 0. The zero-order valence-corrected chi connectivity index (χ0v) is 19.2. The number of unbranched alkanes of at least 4 members (excludes halogenated alkanes) is 14. The fraction of sp³-hybridized carbons (Fsp3) is 0.909. The van der Waals surface area contributed by atoms with Crippen LogP contribution < -0.4 is 0 Å². The molecule has 0 spiro atoms. The topological polar surface area (TPSA) is 46.6 Å². The predicted molar refractivity (Wildman–Crippen MR) is 115 cm³/mol. The smallest absolute Gasteiger partial charge is 1.00 e. The molecule has 0 aromatic rings. The molecule has 1 fully saturated rings. The van der Waals surface area contributed by atoms with E-state index in [9.17, 15) is 9.59 Å². The van der Waals surface area contributed by atoms with Gasteiger partial charge >= 0.3 is 29.0 Å². The van der Waals surface area contributed by atoms with Crippen molar-refractivity contribution in [3.05, 3.63) is 0 Å². The molecule has 0 unspecified atom stereocenters. The van der Waals surface area contributed by atoms with E-state index in [1.807, 2.05) is 0 Å². The first kappa shape index (κ1) is 26.7. The third-order valence-electron chi connectivity index (χ3n) is 5.23. The molecule has 156 valence electrons. The Morgan fingerprint density at radius 3 is 1.70 bits per heavy atom. The number of hydroxylamine groups is 2. The zero-order valence-electron chi connectivity index (χ0n) is 19.8. The summed E-state index contributed by atoms with van der Waals surface area (Å²) in [7, 11) is 0. The van der Waals surface area contributed by atoms with Crippen molar-refractivity contribution in [1.29, 1.82) is 0 Å². The first-order valence-electron chi connectivity index (χ1n) is 11.2. The Morgan fingerprint density at radius 1 is 0.852 bits per heavy atom. The summed E-state index contributed by atoms with van der Waals surface area (Å²) in [6.45, 7) is 2.83. The molecule has 0 atom stereocenters. The van der Waals surface area contributed by atoms with Gasteiger partial charge in [0.05, 0.1) is 6.54 Å². The summed E-state index contributed by atoms with van der Waals surface area (Å²) >= 11 is 0. The number of carbonyl (C=O) groups excluding carboxylic acids is 2. The SMILES string of the molecule is CCCCCCCCCCCCCCCCCC(=O)ON1CCCC1=O.[H-].[H-].[Mg+2]. The third-order valence-corrected chi connectivity index (χ3v) is 5.23. The molecule has 1 aliphatic heterocycles. The Hall–Kier alpha value is -0.294. The molecule has 5 heteroatoms. The van der Waals surface area contributed by atoms with Gasteiger partial charge in [-0.1, -0.05) is 96.8 Å². The average Bonchev–Trinajstić information content (AvgIpc) is 3.03. The first-order chi connectivity index (χ1) is 12.7. The molecule has 1 rings (SSSR count). The van der Waals surface area contributed by atoms with E-state index in [0.717, 1.165) is 19.3 Å². The minimum atomic E-state index is -0.255. The molecule has 0 bridgehead atoms. The van der Waals surface area contributed by atoms with Crippen LogP contribution in [0.25, 0.3) is 0 Å². The van der Waals surface area contributed by atoms with Crippen molar-refractivity contribution in [2.75, 3.05) is 6.54 Å². The average molecular weight is 394 g/mol. The fourth-order valence-corrected chi connectivity index (χ4v) is 3.53. The number of rotatable bonds is 17. The van der Waals surface area contributed by atoms with E-state index >= 15 is 0 Å². The number of carbonyl (C=O) groups is 2. The molecule has 0 saturated carbocycles. The van der Waals surface area contributed by atoms with Crippen molar-refractivity contribution in [2.45, 2.75) is 122 Å². The van der Waals surface area contributed by atoms with Crippen LogP contribution >= 0.6 is 0 Å². The molecule has 1 amide bonds. The third kappa shape index (κ3) is 15.3. The Kier molecular flexibility index (Phi) is 18.8. The molecule has 1 aliphatic rings. The standard InChI is InChI=1S/C22H41NO3.Mg.2H/c1-2-3-4-5-6-7-8-9-10-11-12-13-14-15-16-19-22(25)26-23-20-17-18-21(23)24;;;/h2-20H2,1H3;;;/q;+2;2*-1. The second kappa shape index (κ2) is 19.0. The van der Waals surface area contributed by atoms with E-state index in [1.54, 1.807) is 0 Å². The molecule has 0 aromatic carbocycles. The molecule has 0 aromatic heterocycles. The van der Waals surface area contributed by atoms with Gasteiger partial charge in [0, 0.05) is 12.8 Å². The van der Waals surface area contributed by atoms with Crippen LogP contribution in [-0.2, 0) is 14.4 Å². The van der Waals surface area contributed by atoms with E-state index in [-0.39, 0.29) is 37.8 Å². The van der Waals surface area contributed by atoms with Gasteiger partial charge in [-0.05, 0) is 12.8 Å². The van der Waals surface area contributed by atoms with E-state index in [0.29, 0.717) is 19.4 Å². The van der Waals surface area contributed by atoms with Crippen LogP contribution in [0.1, 0.15) is 125 Å². The van der Waals surface area contributed by atoms with Gasteiger partial charge in [-0.2, -0.15) is 5.06 Å². The molecule has 0 N–H and O–H groups in total. The summed E-state index contributed by atoms with van der Waals surface area (Å²) in [4.78, 5) is 28.1. The Morgan fingerprint density at radius 2 is 1.30 bits per heavy atom. The van der Waals surface area contributed by atoms with Gasteiger partial charge in [-0.3, -0.25) is 4.79 Å². The first-order valence-corrected chi connectivity index (χ1v) is 11.2. The van der Waals surface area contributed by atoms with Crippen molar-refractivity contribution in [2.24, 2.45) is 0 Å². The van der Waals surface area contributed by atoms with Gasteiger partial charge in [0.25, 0.3) is 5.91 Å². The zero-order chi connectivity index (χ0) is 18.9. The largest absolute Gasteiger partial charge is 2.00 e. The second-order valence-corrected chi connectivity index (χ2v) is 7.76. The van der Waals surface area contributed by atoms with E-state index in [4.69, 9.17) is 4.84 Å². The molecule has 1 heterocycles. The van der Waals surface area contributed by atoms with Gasteiger partial charge in [0.15, 0.2) is 0 Å². The van der Waals surface area contributed by atoms with Crippen molar-refractivity contribution in [3.63, 3.8) is 0 Å². The molecular formula is C22H43MgNO3. The monoisotopic (exact) mass is 393 g/mol. The van der Waals surface area contributed by atoms with Crippen molar-refractivity contribution < 1.29 is 17.3 Å². The number of nitrogens with zero attached hydrogens (tertiary/aromatic N) is 1. The summed E-state index contributed by atoms with van der Waals surface area (Å²) in [6, 6.07) is 0. The quantitative estimate of drug-likeness (QED) is 0.219. The maximum atomic E-state index is 11.7. The maximum absolute atomic E-state index is 11.7. The van der Waals surface area contributed by atoms with E-state index < -0.39 is 0 Å². The number of hydrogen-bond donors (Lipinski definition) is 0. The fourth-order valence-electron chi connectivity index (χ4n) is 3.53. The van der Waals surface area contributed by atoms with Crippen LogP contribution in [0.5, 0.6) is 0 Å². The normalized spacial score (nSPS) is 13.7. The van der Waals surface area contributed by atoms with Crippen molar-refractivity contribution >= 4 is 34.9 Å². The Balaban J connectivity index is -0.00000225. The van der Waals surface area contributed by atoms with Crippen LogP contribution in [0.4, 0.5) is 0 Å². The summed E-state index contributed by atoms with van der Waals surface area (Å²) < 4.78 is 0. The van der Waals surface area contributed by atoms with Crippen LogP contribution in [0.15, 0.2) is 0 Å². The molecule has 0 radical (unpaired) electrons. The summed E-state index contributed by atoms with van der Waals surface area (Å²) in [5.74, 6) is -0.315. The summed E-state index contributed by atoms with van der Waals surface area (Å²) in [5.41, 5.74) is 0. The molecule has 27 heavy (non-hydrogen) atoms. The van der Waals surface area contributed by atoms with Gasteiger partial charge < -0.3 is 7.69 Å².